The number of rotatable bonds is 3. The van der Waals surface area contributed by atoms with Crippen LogP contribution in [0.5, 0.6) is 5.75 Å². The van der Waals surface area contributed by atoms with Crippen LogP contribution in [0.15, 0.2) is 39.5 Å². The molecule has 0 spiro atoms. The second-order valence-corrected chi connectivity index (χ2v) is 8.65. The molecule has 1 N–H and O–H groups in total. The SMILES string of the molecule is Cc1cc(=O)c2cc(O)c(-c3ccc(N(C)C4CC5CCC(C4)N5C)nn3)cc2o1. The molecule has 1 aromatic carbocycles. The van der Waals surface area contributed by atoms with Gasteiger partial charge >= 0.3 is 0 Å². The van der Waals surface area contributed by atoms with E-state index in [4.69, 9.17) is 4.42 Å². The van der Waals surface area contributed by atoms with Crippen LogP contribution in [0.25, 0.3) is 22.2 Å². The van der Waals surface area contributed by atoms with Crippen molar-refractivity contribution in [3.63, 3.8) is 0 Å². The lowest BCUT2D eigenvalue weighted by Crippen LogP contribution is -2.48. The van der Waals surface area contributed by atoms with Gasteiger partial charge in [0, 0.05) is 36.8 Å². The minimum absolute atomic E-state index is 0.0130. The monoisotopic (exact) mass is 406 g/mol. The third-order valence-electron chi connectivity index (χ3n) is 6.88. The molecule has 4 heterocycles. The largest absolute Gasteiger partial charge is 0.507 e. The molecule has 7 heteroatoms. The van der Waals surface area contributed by atoms with E-state index in [1.165, 1.54) is 25.0 Å². The summed E-state index contributed by atoms with van der Waals surface area (Å²) in [6.07, 6.45) is 4.87. The summed E-state index contributed by atoms with van der Waals surface area (Å²) in [5.41, 5.74) is 1.29. The molecular formula is C23H26N4O3. The molecule has 2 aliphatic rings. The maximum absolute atomic E-state index is 12.1. The predicted molar refractivity (Wildman–Crippen MR) is 116 cm³/mol. The highest BCUT2D eigenvalue weighted by Gasteiger charge is 2.40. The Morgan fingerprint density at radius 2 is 1.87 bits per heavy atom. The number of anilines is 1. The van der Waals surface area contributed by atoms with E-state index in [1.807, 2.05) is 12.1 Å². The fourth-order valence-electron chi connectivity index (χ4n) is 5.06. The summed E-state index contributed by atoms with van der Waals surface area (Å²) in [5, 5.41) is 19.6. The highest BCUT2D eigenvalue weighted by atomic mass is 16.3. The van der Waals surface area contributed by atoms with Crippen molar-refractivity contribution in [1.29, 1.82) is 0 Å². The van der Waals surface area contributed by atoms with Gasteiger partial charge in [-0.3, -0.25) is 4.79 Å². The summed E-state index contributed by atoms with van der Waals surface area (Å²) in [4.78, 5) is 16.9. The van der Waals surface area contributed by atoms with Crippen LogP contribution in [0, 0.1) is 6.92 Å². The summed E-state index contributed by atoms with van der Waals surface area (Å²) in [6.45, 7) is 1.73. The standard InChI is InChI=1S/C23H26N4O3/c1-13-8-20(28)18-11-21(29)17(12-22(18)30-13)19-6-7-23(25-24-19)27(3)16-9-14-4-5-15(10-16)26(14)2/h6-8,11-12,14-16,29H,4-5,9-10H2,1-3H3. The normalized spacial score (nSPS) is 23.8. The third kappa shape index (κ3) is 3.13. The molecular weight excluding hydrogens is 380 g/mol. The van der Waals surface area contributed by atoms with E-state index in [0.29, 0.717) is 46.1 Å². The zero-order chi connectivity index (χ0) is 21.0. The molecule has 2 atom stereocenters. The van der Waals surface area contributed by atoms with E-state index in [9.17, 15) is 9.90 Å². The fraction of sp³-hybridized carbons (Fsp3) is 0.435. The number of nitrogens with zero attached hydrogens (tertiary/aromatic N) is 4. The number of fused-ring (bicyclic) bond motifs is 3. The maximum Gasteiger partial charge on any atom is 0.193 e. The zero-order valence-corrected chi connectivity index (χ0v) is 17.5. The van der Waals surface area contributed by atoms with Gasteiger partial charge in [-0.1, -0.05) is 0 Å². The molecule has 2 aliphatic heterocycles. The zero-order valence-electron chi connectivity index (χ0n) is 17.5. The molecule has 0 saturated carbocycles. The summed E-state index contributed by atoms with van der Waals surface area (Å²) in [7, 11) is 4.33. The van der Waals surface area contributed by atoms with Crippen LogP contribution in [0.3, 0.4) is 0 Å². The summed E-state index contributed by atoms with van der Waals surface area (Å²) in [6, 6.07) is 10.1. The topological polar surface area (TPSA) is 82.7 Å². The van der Waals surface area contributed by atoms with Gasteiger partial charge in [0.2, 0.25) is 0 Å². The lowest BCUT2D eigenvalue weighted by atomic mass is 9.97. The minimum atomic E-state index is -0.175. The number of aromatic hydroxyl groups is 1. The number of phenolic OH excluding ortho intramolecular Hbond substituents is 1. The van der Waals surface area contributed by atoms with Crippen LogP contribution in [-0.2, 0) is 0 Å². The van der Waals surface area contributed by atoms with Gasteiger partial charge in [0.05, 0.1) is 11.1 Å². The molecule has 3 aromatic rings. The lowest BCUT2D eigenvalue weighted by Gasteiger charge is -2.40. The van der Waals surface area contributed by atoms with Crippen LogP contribution < -0.4 is 10.3 Å². The Labute approximate surface area is 174 Å². The van der Waals surface area contributed by atoms with E-state index in [2.05, 4.69) is 34.1 Å². The molecule has 2 aromatic heterocycles. The number of benzene rings is 1. The summed E-state index contributed by atoms with van der Waals surface area (Å²) in [5.74, 6) is 1.34. The average Bonchev–Trinajstić information content (AvgIpc) is 2.93. The van der Waals surface area contributed by atoms with Gasteiger partial charge in [0.15, 0.2) is 11.2 Å². The van der Waals surface area contributed by atoms with Gasteiger partial charge in [-0.25, -0.2) is 0 Å². The van der Waals surface area contributed by atoms with Crippen molar-refractivity contribution in [2.75, 3.05) is 19.0 Å². The van der Waals surface area contributed by atoms with Crippen molar-refractivity contribution in [2.45, 2.75) is 50.7 Å². The first kappa shape index (κ1) is 19.1. The van der Waals surface area contributed by atoms with Gasteiger partial charge in [-0.05, 0) is 63.9 Å². The Bertz CT molecular complexity index is 1140. The van der Waals surface area contributed by atoms with Gasteiger partial charge in [-0.2, -0.15) is 0 Å². The molecule has 2 bridgehead atoms. The number of hydrogen-bond donors (Lipinski definition) is 1. The molecule has 156 valence electrons. The summed E-state index contributed by atoms with van der Waals surface area (Å²) >= 11 is 0. The molecule has 2 unspecified atom stereocenters. The van der Waals surface area contributed by atoms with Crippen LogP contribution in [0.1, 0.15) is 31.4 Å². The Kier molecular flexibility index (Phi) is 4.50. The van der Waals surface area contributed by atoms with Crippen molar-refractivity contribution >= 4 is 16.8 Å². The number of aromatic nitrogens is 2. The highest BCUT2D eigenvalue weighted by Crippen LogP contribution is 2.37. The molecule has 2 fully saturated rings. The Balaban J connectivity index is 1.42. The first-order valence-electron chi connectivity index (χ1n) is 10.5. The van der Waals surface area contributed by atoms with Gasteiger partial charge in [-0.15, -0.1) is 10.2 Å². The number of hydrogen-bond acceptors (Lipinski definition) is 7. The maximum atomic E-state index is 12.1. The minimum Gasteiger partial charge on any atom is -0.507 e. The Hall–Kier alpha value is -2.93. The quantitative estimate of drug-likeness (QED) is 0.714. The second kappa shape index (κ2) is 7.09. The molecule has 0 aliphatic carbocycles. The lowest BCUT2D eigenvalue weighted by molar-refractivity contribution is 0.160. The summed E-state index contributed by atoms with van der Waals surface area (Å²) < 4.78 is 5.66. The van der Waals surface area contributed by atoms with Crippen LogP contribution in [0.4, 0.5) is 5.82 Å². The smallest absolute Gasteiger partial charge is 0.193 e. The van der Waals surface area contributed by atoms with Crippen molar-refractivity contribution in [1.82, 2.24) is 15.1 Å². The molecule has 2 saturated heterocycles. The molecule has 5 rings (SSSR count). The Morgan fingerprint density at radius 3 is 2.53 bits per heavy atom. The fourth-order valence-corrected chi connectivity index (χ4v) is 5.06. The highest BCUT2D eigenvalue weighted by molar-refractivity contribution is 5.85. The number of aryl methyl sites for hydroxylation is 1. The van der Waals surface area contributed by atoms with Crippen molar-refractivity contribution in [3.05, 3.63) is 46.3 Å². The van der Waals surface area contributed by atoms with Crippen molar-refractivity contribution in [2.24, 2.45) is 0 Å². The van der Waals surface area contributed by atoms with E-state index in [1.54, 1.807) is 13.0 Å². The second-order valence-electron chi connectivity index (χ2n) is 8.65. The number of piperidine rings is 1. The van der Waals surface area contributed by atoms with E-state index in [0.717, 1.165) is 18.7 Å². The molecule has 0 amide bonds. The first-order chi connectivity index (χ1) is 14.4. The first-order valence-corrected chi connectivity index (χ1v) is 10.5. The van der Waals surface area contributed by atoms with Gasteiger partial charge in [0.1, 0.15) is 17.1 Å². The molecule has 7 nitrogen and oxygen atoms in total. The van der Waals surface area contributed by atoms with E-state index >= 15 is 0 Å². The predicted octanol–water partition coefficient (Wildman–Crippen LogP) is 3.33. The Morgan fingerprint density at radius 1 is 1.13 bits per heavy atom. The van der Waals surface area contributed by atoms with Gasteiger partial charge in [0.25, 0.3) is 0 Å². The average molecular weight is 406 g/mol. The van der Waals surface area contributed by atoms with Crippen LogP contribution in [0.2, 0.25) is 0 Å². The van der Waals surface area contributed by atoms with Crippen molar-refractivity contribution in [3.8, 4) is 17.0 Å². The number of phenols is 1. The van der Waals surface area contributed by atoms with Crippen molar-refractivity contribution < 1.29 is 9.52 Å². The van der Waals surface area contributed by atoms with Gasteiger partial charge < -0.3 is 19.3 Å². The van der Waals surface area contributed by atoms with E-state index in [-0.39, 0.29) is 11.2 Å². The van der Waals surface area contributed by atoms with Crippen LogP contribution in [-0.4, -0.2) is 52.4 Å². The van der Waals surface area contributed by atoms with E-state index < -0.39 is 0 Å². The van der Waals surface area contributed by atoms with Crippen LogP contribution >= 0.6 is 0 Å². The third-order valence-corrected chi connectivity index (χ3v) is 6.88. The molecule has 30 heavy (non-hydrogen) atoms. The molecule has 0 radical (unpaired) electrons.